The number of para-hydroxylation sites is 1. The summed E-state index contributed by atoms with van der Waals surface area (Å²) in [4.78, 5) is 12.5. The minimum Gasteiger partial charge on any atom is -0.484 e. The van der Waals surface area contributed by atoms with E-state index in [1.165, 1.54) is 18.2 Å². The summed E-state index contributed by atoms with van der Waals surface area (Å²) in [5.74, 6) is 0.906. The van der Waals surface area contributed by atoms with Gasteiger partial charge in [-0.15, -0.1) is 0 Å². The number of aryl methyl sites for hydroxylation is 1. The summed E-state index contributed by atoms with van der Waals surface area (Å²) in [6.45, 7) is 2.04. The van der Waals surface area contributed by atoms with E-state index in [1.807, 2.05) is 31.2 Å². The summed E-state index contributed by atoms with van der Waals surface area (Å²) in [7, 11) is 0. The van der Waals surface area contributed by atoms with Gasteiger partial charge in [0.25, 0.3) is 0 Å². The molecular formula is C17H15BrFN5O. The van der Waals surface area contributed by atoms with Crippen LogP contribution in [-0.4, -0.2) is 15.0 Å². The van der Waals surface area contributed by atoms with Gasteiger partial charge in [-0.25, -0.2) is 4.39 Å². The number of nitrogen functional groups attached to an aromatic ring is 1. The number of rotatable bonds is 5. The average Bonchev–Trinajstić information content (AvgIpc) is 2.56. The van der Waals surface area contributed by atoms with Crippen molar-refractivity contribution >= 4 is 33.5 Å². The summed E-state index contributed by atoms with van der Waals surface area (Å²) in [6, 6.07) is 11.9. The van der Waals surface area contributed by atoms with Crippen LogP contribution in [0.1, 0.15) is 11.4 Å². The molecule has 0 amide bonds. The molecule has 8 heteroatoms. The lowest BCUT2D eigenvalue weighted by Crippen LogP contribution is -2.09. The third-order valence-electron chi connectivity index (χ3n) is 3.34. The van der Waals surface area contributed by atoms with Crippen molar-refractivity contribution in [2.75, 3.05) is 11.1 Å². The fourth-order valence-electron chi connectivity index (χ4n) is 2.13. The smallest absolute Gasteiger partial charge is 0.232 e. The molecule has 3 rings (SSSR count). The molecule has 0 saturated heterocycles. The second-order valence-corrected chi connectivity index (χ2v) is 6.09. The minimum atomic E-state index is -0.353. The van der Waals surface area contributed by atoms with Gasteiger partial charge in [0.05, 0.1) is 4.47 Å². The van der Waals surface area contributed by atoms with E-state index >= 15 is 0 Å². The van der Waals surface area contributed by atoms with Crippen molar-refractivity contribution in [3.05, 3.63) is 64.1 Å². The molecule has 0 saturated carbocycles. The molecule has 6 nitrogen and oxygen atoms in total. The van der Waals surface area contributed by atoms with Crippen molar-refractivity contribution < 1.29 is 9.13 Å². The highest BCUT2D eigenvalue weighted by atomic mass is 79.9. The van der Waals surface area contributed by atoms with E-state index in [0.717, 1.165) is 11.3 Å². The lowest BCUT2D eigenvalue weighted by Gasteiger charge is -2.10. The van der Waals surface area contributed by atoms with Gasteiger partial charge in [0, 0.05) is 5.69 Å². The van der Waals surface area contributed by atoms with Crippen molar-refractivity contribution in [3.63, 3.8) is 0 Å². The molecule has 0 aliphatic rings. The lowest BCUT2D eigenvalue weighted by molar-refractivity contribution is 0.293. The zero-order valence-corrected chi connectivity index (χ0v) is 14.9. The predicted octanol–water partition coefficient (Wildman–Crippen LogP) is 3.99. The number of nitrogens with zero attached hydrogens (tertiary/aromatic N) is 3. The average molecular weight is 404 g/mol. The molecule has 3 N–H and O–H groups in total. The van der Waals surface area contributed by atoms with Crippen LogP contribution in [0.2, 0.25) is 0 Å². The number of halogens is 2. The zero-order valence-electron chi connectivity index (χ0n) is 13.3. The summed E-state index contributed by atoms with van der Waals surface area (Å²) >= 11 is 3.25. The molecule has 2 aromatic carbocycles. The normalized spacial score (nSPS) is 10.5. The van der Waals surface area contributed by atoms with Crippen LogP contribution in [0.25, 0.3) is 0 Å². The quantitative estimate of drug-likeness (QED) is 0.669. The van der Waals surface area contributed by atoms with Crippen molar-refractivity contribution in [1.29, 1.82) is 0 Å². The third-order valence-corrected chi connectivity index (χ3v) is 3.96. The SMILES string of the molecule is Cc1ccccc1Nc1nc(N)nc(COc2ccc(F)cc2Br)n1. The topological polar surface area (TPSA) is 86.0 Å². The van der Waals surface area contributed by atoms with Crippen LogP contribution in [0.5, 0.6) is 5.75 Å². The molecule has 0 radical (unpaired) electrons. The largest absolute Gasteiger partial charge is 0.484 e. The third kappa shape index (κ3) is 4.42. The molecule has 3 aromatic rings. The fourth-order valence-corrected chi connectivity index (χ4v) is 2.59. The second kappa shape index (κ2) is 7.43. The van der Waals surface area contributed by atoms with E-state index in [1.54, 1.807) is 0 Å². The van der Waals surface area contributed by atoms with Gasteiger partial charge in [-0.2, -0.15) is 15.0 Å². The Morgan fingerprint density at radius 3 is 2.72 bits per heavy atom. The standard InChI is InChI=1S/C17H15BrFN5O/c1-10-4-2-3-5-13(10)21-17-23-15(22-16(20)24-17)9-25-14-7-6-11(19)8-12(14)18/h2-8H,9H2,1H3,(H3,20,21,22,23,24). The van der Waals surface area contributed by atoms with E-state index in [-0.39, 0.29) is 18.4 Å². The summed E-state index contributed by atoms with van der Waals surface area (Å²) < 4.78 is 19.2. The monoisotopic (exact) mass is 403 g/mol. The summed E-state index contributed by atoms with van der Waals surface area (Å²) in [5, 5.41) is 3.11. The highest BCUT2D eigenvalue weighted by Gasteiger charge is 2.09. The molecular weight excluding hydrogens is 389 g/mol. The highest BCUT2D eigenvalue weighted by molar-refractivity contribution is 9.10. The van der Waals surface area contributed by atoms with E-state index in [9.17, 15) is 4.39 Å². The Hall–Kier alpha value is -2.74. The van der Waals surface area contributed by atoms with Crippen LogP contribution < -0.4 is 15.8 Å². The van der Waals surface area contributed by atoms with Gasteiger partial charge in [-0.3, -0.25) is 0 Å². The molecule has 0 unspecified atom stereocenters. The Balaban J connectivity index is 1.76. The maximum absolute atomic E-state index is 13.1. The zero-order chi connectivity index (χ0) is 17.8. The molecule has 128 valence electrons. The van der Waals surface area contributed by atoms with Crippen molar-refractivity contribution in [1.82, 2.24) is 15.0 Å². The first-order chi connectivity index (χ1) is 12.0. The highest BCUT2D eigenvalue weighted by Crippen LogP contribution is 2.26. The number of benzene rings is 2. The molecule has 0 fully saturated rings. The number of hydrogen-bond acceptors (Lipinski definition) is 6. The van der Waals surface area contributed by atoms with E-state index in [4.69, 9.17) is 10.5 Å². The number of aromatic nitrogens is 3. The lowest BCUT2D eigenvalue weighted by atomic mass is 10.2. The van der Waals surface area contributed by atoms with Gasteiger partial charge in [0.15, 0.2) is 5.82 Å². The number of hydrogen-bond donors (Lipinski definition) is 2. The van der Waals surface area contributed by atoms with Crippen molar-refractivity contribution in [2.24, 2.45) is 0 Å². The molecule has 0 atom stereocenters. The fraction of sp³-hybridized carbons (Fsp3) is 0.118. The van der Waals surface area contributed by atoms with Crippen LogP contribution >= 0.6 is 15.9 Å². The molecule has 0 spiro atoms. The first-order valence-corrected chi connectivity index (χ1v) is 8.21. The summed E-state index contributed by atoms with van der Waals surface area (Å²) in [6.07, 6.45) is 0. The van der Waals surface area contributed by atoms with Crippen molar-refractivity contribution in [2.45, 2.75) is 13.5 Å². The number of ether oxygens (including phenoxy) is 1. The van der Waals surface area contributed by atoms with Crippen LogP contribution in [0.15, 0.2) is 46.9 Å². The molecule has 1 aromatic heterocycles. The Morgan fingerprint density at radius 2 is 1.96 bits per heavy atom. The molecule has 0 aliphatic heterocycles. The second-order valence-electron chi connectivity index (χ2n) is 5.24. The Bertz CT molecular complexity index is 906. The molecule has 1 heterocycles. The molecule has 0 aliphatic carbocycles. The number of anilines is 3. The van der Waals surface area contributed by atoms with E-state index < -0.39 is 0 Å². The molecule has 25 heavy (non-hydrogen) atoms. The van der Waals surface area contributed by atoms with Gasteiger partial charge in [0.1, 0.15) is 18.2 Å². The summed E-state index contributed by atoms with van der Waals surface area (Å²) in [5.41, 5.74) is 7.68. The maximum Gasteiger partial charge on any atom is 0.232 e. The maximum atomic E-state index is 13.1. The van der Waals surface area contributed by atoms with E-state index in [2.05, 4.69) is 36.2 Å². The van der Waals surface area contributed by atoms with Gasteiger partial charge in [-0.1, -0.05) is 18.2 Å². The molecule has 0 bridgehead atoms. The van der Waals surface area contributed by atoms with Crippen LogP contribution in [0.3, 0.4) is 0 Å². The van der Waals surface area contributed by atoms with Crippen LogP contribution in [0, 0.1) is 12.7 Å². The first-order valence-electron chi connectivity index (χ1n) is 7.42. The van der Waals surface area contributed by atoms with Gasteiger partial charge >= 0.3 is 0 Å². The number of nitrogens with one attached hydrogen (secondary N) is 1. The number of nitrogens with two attached hydrogens (primary N) is 1. The Kier molecular flexibility index (Phi) is 5.08. The van der Waals surface area contributed by atoms with E-state index in [0.29, 0.717) is 22.0 Å². The van der Waals surface area contributed by atoms with Crippen LogP contribution in [0.4, 0.5) is 22.0 Å². The van der Waals surface area contributed by atoms with Gasteiger partial charge < -0.3 is 15.8 Å². The van der Waals surface area contributed by atoms with Crippen molar-refractivity contribution in [3.8, 4) is 5.75 Å². The minimum absolute atomic E-state index is 0.0689. The first kappa shape index (κ1) is 17.1. The van der Waals surface area contributed by atoms with Crippen LogP contribution in [-0.2, 0) is 6.61 Å². The Morgan fingerprint density at radius 1 is 1.16 bits per heavy atom. The predicted molar refractivity (Wildman–Crippen MR) is 97.1 cm³/mol. The van der Waals surface area contributed by atoms with Gasteiger partial charge in [0.2, 0.25) is 11.9 Å². The Labute approximate surface area is 152 Å². The van der Waals surface area contributed by atoms with Gasteiger partial charge in [-0.05, 0) is 52.7 Å².